The van der Waals surface area contributed by atoms with Crippen molar-refractivity contribution in [3.05, 3.63) is 28.8 Å². The molecular formula is C9H12N6O2. The Hall–Kier alpha value is -2.38. The van der Waals surface area contributed by atoms with Crippen molar-refractivity contribution in [1.29, 1.82) is 0 Å². The van der Waals surface area contributed by atoms with Gasteiger partial charge in [-0.15, -0.1) is 0 Å². The Balaban J connectivity index is 2.14. The Morgan fingerprint density at radius 2 is 2.35 bits per heavy atom. The summed E-state index contributed by atoms with van der Waals surface area (Å²) in [4.78, 5) is 21.8. The van der Waals surface area contributed by atoms with Crippen molar-refractivity contribution in [3.63, 3.8) is 0 Å². The number of rotatable bonds is 4. The maximum atomic E-state index is 11.4. The van der Waals surface area contributed by atoms with E-state index in [1.807, 2.05) is 0 Å². The van der Waals surface area contributed by atoms with Gasteiger partial charge in [-0.2, -0.15) is 5.10 Å². The summed E-state index contributed by atoms with van der Waals surface area (Å²) in [6.07, 6.45) is 2.90. The fourth-order valence-corrected chi connectivity index (χ4v) is 1.33. The van der Waals surface area contributed by atoms with Crippen LogP contribution in [0, 0.1) is 0 Å². The number of methoxy groups -OCH3 is 1. The van der Waals surface area contributed by atoms with Crippen LogP contribution in [0.25, 0.3) is 0 Å². The predicted molar refractivity (Wildman–Crippen MR) is 59.7 cm³/mol. The van der Waals surface area contributed by atoms with Crippen LogP contribution in [0.15, 0.2) is 17.4 Å². The number of hydrogen-bond acceptors (Lipinski definition) is 6. The van der Waals surface area contributed by atoms with Crippen LogP contribution in [0.3, 0.4) is 0 Å². The molecule has 2 N–H and O–H groups in total. The van der Waals surface area contributed by atoms with Crippen LogP contribution in [-0.2, 0) is 13.6 Å². The topological polar surface area (TPSA) is 97.7 Å². The van der Waals surface area contributed by atoms with E-state index in [9.17, 15) is 4.79 Å². The number of anilines is 1. The Morgan fingerprint density at radius 1 is 1.53 bits per heavy atom. The standard InChI is InChI=1S/C9H12N6O2/c1-15-5-13-6(14-15)3-10-8-7(17-2)9(16)12-4-11-8/h4-5H,3H2,1-2H3,(H2,10,11,12,16). The second-order valence-electron chi connectivity index (χ2n) is 3.30. The van der Waals surface area contributed by atoms with Gasteiger partial charge < -0.3 is 15.0 Å². The highest BCUT2D eigenvalue weighted by atomic mass is 16.5. The molecule has 0 atom stereocenters. The molecule has 0 fully saturated rings. The summed E-state index contributed by atoms with van der Waals surface area (Å²) in [6, 6.07) is 0. The first-order valence-electron chi connectivity index (χ1n) is 4.90. The molecule has 2 aromatic heterocycles. The Morgan fingerprint density at radius 3 is 3.00 bits per heavy atom. The maximum absolute atomic E-state index is 11.4. The van der Waals surface area contributed by atoms with Crippen LogP contribution in [-0.4, -0.2) is 31.8 Å². The second-order valence-corrected chi connectivity index (χ2v) is 3.30. The third kappa shape index (κ3) is 2.41. The van der Waals surface area contributed by atoms with Crippen molar-refractivity contribution < 1.29 is 4.74 Å². The van der Waals surface area contributed by atoms with Crippen LogP contribution in [0.2, 0.25) is 0 Å². The van der Waals surface area contributed by atoms with Crippen molar-refractivity contribution in [2.75, 3.05) is 12.4 Å². The van der Waals surface area contributed by atoms with Gasteiger partial charge in [0.1, 0.15) is 6.33 Å². The van der Waals surface area contributed by atoms with Crippen molar-refractivity contribution in [2.45, 2.75) is 6.54 Å². The molecule has 0 unspecified atom stereocenters. The van der Waals surface area contributed by atoms with E-state index >= 15 is 0 Å². The molecule has 0 aromatic carbocycles. The average Bonchev–Trinajstić information content (AvgIpc) is 2.72. The minimum absolute atomic E-state index is 0.142. The van der Waals surface area contributed by atoms with Gasteiger partial charge in [-0.1, -0.05) is 0 Å². The molecule has 2 rings (SSSR count). The number of aromatic amines is 1. The van der Waals surface area contributed by atoms with Gasteiger partial charge in [-0.3, -0.25) is 9.48 Å². The number of nitrogens with zero attached hydrogens (tertiary/aromatic N) is 4. The minimum Gasteiger partial charge on any atom is -0.489 e. The number of aromatic nitrogens is 5. The molecule has 0 aliphatic rings. The zero-order valence-corrected chi connectivity index (χ0v) is 9.47. The average molecular weight is 236 g/mol. The molecular weight excluding hydrogens is 224 g/mol. The number of hydrogen-bond donors (Lipinski definition) is 2. The van der Waals surface area contributed by atoms with Crippen molar-refractivity contribution in [3.8, 4) is 5.75 Å². The van der Waals surface area contributed by atoms with E-state index in [1.54, 1.807) is 18.1 Å². The van der Waals surface area contributed by atoms with Crippen molar-refractivity contribution in [2.24, 2.45) is 7.05 Å². The van der Waals surface area contributed by atoms with Gasteiger partial charge in [-0.05, 0) is 0 Å². The van der Waals surface area contributed by atoms with E-state index in [0.717, 1.165) is 0 Å². The van der Waals surface area contributed by atoms with Crippen LogP contribution in [0.1, 0.15) is 5.82 Å². The molecule has 0 aliphatic heterocycles. The van der Waals surface area contributed by atoms with E-state index in [1.165, 1.54) is 13.4 Å². The number of ether oxygens (including phenoxy) is 1. The molecule has 0 spiro atoms. The predicted octanol–water partition coefficient (Wildman–Crippen LogP) is -0.481. The first-order chi connectivity index (χ1) is 8.20. The van der Waals surface area contributed by atoms with Crippen LogP contribution >= 0.6 is 0 Å². The third-order valence-corrected chi connectivity index (χ3v) is 2.08. The maximum Gasteiger partial charge on any atom is 0.295 e. The molecule has 8 nitrogen and oxygen atoms in total. The Kier molecular flexibility index (Phi) is 3.03. The number of H-pyrrole nitrogens is 1. The van der Waals surface area contributed by atoms with Crippen LogP contribution < -0.4 is 15.6 Å². The molecule has 0 saturated carbocycles. The SMILES string of the molecule is COc1c(NCc2ncn(C)n2)nc[nH]c1=O. The summed E-state index contributed by atoms with van der Waals surface area (Å²) >= 11 is 0. The molecule has 8 heteroatoms. The first-order valence-corrected chi connectivity index (χ1v) is 4.90. The lowest BCUT2D eigenvalue weighted by atomic mass is 10.5. The zero-order chi connectivity index (χ0) is 12.3. The summed E-state index contributed by atoms with van der Waals surface area (Å²) in [7, 11) is 3.19. The first kappa shape index (κ1) is 11.1. The molecule has 2 aromatic rings. The van der Waals surface area contributed by atoms with Crippen molar-refractivity contribution in [1.82, 2.24) is 24.7 Å². The van der Waals surface area contributed by atoms with Crippen LogP contribution in [0.4, 0.5) is 5.82 Å². The highest BCUT2D eigenvalue weighted by molar-refractivity contribution is 5.47. The van der Waals surface area contributed by atoms with Gasteiger partial charge in [0.15, 0.2) is 11.6 Å². The molecule has 90 valence electrons. The van der Waals surface area contributed by atoms with Gasteiger partial charge >= 0.3 is 0 Å². The monoisotopic (exact) mass is 236 g/mol. The largest absolute Gasteiger partial charge is 0.489 e. The summed E-state index contributed by atoms with van der Waals surface area (Å²) < 4.78 is 6.55. The van der Waals surface area contributed by atoms with Crippen molar-refractivity contribution >= 4 is 5.82 Å². The Bertz CT molecular complexity index is 561. The van der Waals surface area contributed by atoms with E-state index < -0.39 is 0 Å². The lowest BCUT2D eigenvalue weighted by Gasteiger charge is -2.06. The van der Waals surface area contributed by atoms with E-state index in [0.29, 0.717) is 18.2 Å². The molecule has 0 aliphatic carbocycles. The summed E-state index contributed by atoms with van der Waals surface area (Å²) in [5.74, 6) is 1.11. The lowest BCUT2D eigenvalue weighted by Crippen LogP contribution is -2.14. The van der Waals surface area contributed by atoms with Gasteiger partial charge in [-0.25, -0.2) is 9.97 Å². The van der Waals surface area contributed by atoms with Gasteiger partial charge in [0.25, 0.3) is 5.56 Å². The summed E-state index contributed by atoms with van der Waals surface area (Å²) in [5, 5.41) is 7.03. The number of nitrogens with one attached hydrogen (secondary N) is 2. The van der Waals surface area contributed by atoms with Gasteiger partial charge in [0.05, 0.1) is 20.0 Å². The molecule has 0 radical (unpaired) electrons. The van der Waals surface area contributed by atoms with E-state index in [-0.39, 0.29) is 11.3 Å². The molecule has 0 amide bonds. The quantitative estimate of drug-likeness (QED) is 0.744. The molecule has 17 heavy (non-hydrogen) atoms. The molecule has 0 saturated heterocycles. The van der Waals surface area contributed by atoms with Gasteiger partial charge in [0.2, 0.25) is 5.75 Å². The van der Waals surface area contributed by atoms with Gasteiger partial charge in [0, 0.05) is 7.05 Å². The molecule has 0 bridgehead atoms. The number of aryl methyl sites for hydroxylation is 1. The fraction of sp³-hybridized carbons (Fsp3) is 0.333. The zero-order valence-electron chi connectivity index (χ0n) is 9.47. The second kappa shape index (κ2) is 4.64. The minimum atomic E-state index is -0.334. The van der Waals surface area contributed by atoms with E-state index in [4.69, 9.17) is 4.74 Å². The summed E-state index contributed by atoms with van der Waals surface area (Å²) in [6.45, 7) is 0.369. The normalized spacial score (nSPS) is 10.2. The van der Waals surface area contributed by atoms with Crippen LogP contribution in [0.5, 0.6) is 5.75 Å². The highest BCUT2D eigenvalue weighted by Crippen LogP contribution is 2.14. The lowest BCUT2D eigenvalue weighted by molar-refractivity contribution is 0.408. The smallest absolute Gasteiger partial charge is 0.295 e. The molecule has 2 heterocycles. The summed E-state index contributed by atoms with van der Waals surface area (Å²) in [5.41, 5.74) is -0.334. The van der Waals surface area contributed by atoms with E-state index in [2.05, 4.69) is 25.4 Å². The highest BCUT2D eigenvalue weighted by Gasteiger charge is 2.09. The fourth-order valence-electron chi connectivity index (χ4n) is 1.33. The Labute approximate surface area is 96.7 Å². The third-order valence-electron chi connectivity index (χ3n) is 2.08.